The molecule has 0 saturated carbocycles. The van der Waals surface area contributed by atoms with Crippen molar-refractivity contribution in [3.8, 4) is 0 Å². The number of halogens is 1. The largest absolute Gasteiger partial charge is 0.465 e. The Labute approximate surface area is 124 Å². The van der Waals surface area contributed by atoms with Gasteiger partial charge in [-0.25, -0.2) is 0 Å². The Morgan fingerprint density at radius 2 is 1.74 bits per heavy atom. The van der Waals surface area contributed by atoms with Crippen molar-refractivity contribution < 1.29 is 4.42 Å². The molecule has 1 aromatic heterocycles. The Bertz CT molecular complexity index is 510. The number of hydrogen-bond acceptors (Lipinski definition) is 1. The fourth-order valence-electron chi connectivity index (χ4n) is 2.18. The number of alkyl halides is 1. The Kier molecular flexibility index (Phi) is 4.87. The summed E-state index contributed by atoms with van der Waals surface area (Å²) in [5.41, 5.74) is 2.64. The number of hydrogen-bond donors (Lipinski definition) is 0. The molecule has 1 aromatic carbocycles. The van der Waals surface area contributed by atoms with Crippen LogP contribution in [0.1, 0.15) is 48.2 Å². The minimum atomic E-state index is 0.140. The molecule has 0 aliphatic rings. The highest BCUT2D eigenvalue weighted by Crippen LogP contribution is 2.32. The molecule has 102 valence electrons. The predicted molar refractivity (Wildman–Crippen MR) is 83.8 cm³/mol. The summed E-state index contributed by atoms with van der Waals surface area (Å²) in [4.78, 5) is 0.140. The molecule has 1 heterocycles. The highest BCUT2D eigenvalue weighted by Gasteiger charge is 2.14. The molecule has 0 aliphatic heterocycles. The first-order valence-electron chi connectivity index (χ1n) is 6.91. The molecule has 19 heavy (non-hydrogen) atoms. The maximum Gasteiger partial charge on any atom is 0.122 e. The van der Waals surface area contributed by atoms with Gasteiger partial charge in [-0.3, -0.25) is 0 Å². The van der Waals surface area contributed by atoms with E-state index >= 15 is 0 Å². The lowest BCUT2D eigenvalue weighted by Gasteiger charge is -2.10. The van der Waals surface area contributed by atoms with E-state index < -0.39 is 0 Å². The maximum atomic E-state index is 5.80. The SMILES string of the molecule is CCc1ccc(C(Br)c2ccc(CC(C)C)cc2)o1. The van der Waals surface area contributed by atoms with Gasteiger partial charge in [0.1, 0.15) is 11.5 Å². The first-order chi connectivity index (χ1) is 9.10. The standard InChI is InChI=1S/C17H21BrO/c1-4-15-9-10-16(19-15)17(18)14-7-5-13(6-8-14)11-12(2)3/h5-10,12,17H,4,11H2,1-3H3. The average Bonchev–Trinajstić information content (AvgIpc) is 2.87. The fourth-order valence-corrected chi connectivity index (χ4v) is 2.73. The number of rotatable bonds is 5. The highest BCUT2D eigenvalue weighted by atomic mass is 79.9. The monoisotopic (exact) mass is 320 g/mol. The van der Waals surface area contributed by atoms with Crippen LogP contribution in [0.25, 0.3) is 0 Å². The highest BCUT2D eigenvalue weighted by molar-refractivity contribution is 9.09. The van der Waals surface area contributed by atoms with Gasteiger partial charge in [-0.2, -0.15) is 0 Å². The predicted octanol–water partition coefficient (Wildman–Crippen LogP) is 5.52. The summed E-state index contributed by atoms with van der Waals surface area (Å²) in [5.74, 6) is 2.71. The third kappa shape index (κ3) is 3.73. The van der Waals surface area contributed by atoms with Gasteiger partial charge in [0.05, 0.1) is 4.83 Å². The summed E-state index contributed by atoms with van der Waals surface area (Å²) in [6.45, 7) is 6.60. The average molecular weight is 321 g/mol. The van der Waals surface area contributed by atoms with Crippen molar-refractivity contribution in [1.82, 2.24) is 0 Å². The summed E-state index contributed by atoms with van der Waals surface area (Å²) in [7, 11) is 0. The lowest BCUT2D eigenvalue weighted by molar-refractivity contribution is 0.477. The molecule has 1 atom stereocenters. The van der Waals surface area contributed by atoms with E-state index in [2.05, 4.69) is 73.1 Å². The van der Waals surface area contributed by atoms with Crippen molar-refractivity contribution in [3.05, 3.63) is 59.0 Å². The summed E-state index contributed by atoms with van der Waals surface area (Å²) >= 11 is 3.72. The minimum absolute atomic E-state index is 0.140. The Morgan fingerprint density at radius 1 is 1.05 bits per heavy atom. The summed E-state index contributed by atoms with van der Waals surface area (Å²) in [6.07, 6.45) is 2.07. The summed E-state index contributed by atoms with van der Waals surface area (Å²) < 4.78 is 5.80. The van der Waals surface area contributed by atoms with Crippen LogP contribution in [0.3, 0.4) is 0 Å². The van der Waals surface area contributed by atoms with Crippen LogP contribution in [0.4, 0.5) is 0 Å². The molecule has 0 amide bonds. The Balaban J connectivity index is 2.12. The van der Waals surface area contributed by atoms with Gasteiger partial charge < -0.3 is 4.42 Å². The van der Waals surface area contributed by atoms with E-state index in [1.807, 2.05) is 0 Å². The van der Waals surface area contributed by atoms with Gasteiger partial charge in [0.2, 0.25) is 0 Å². The third-order valence-corrected chi connectivity index (χ3v) is 4.18. The van der Waals surface area contributed by atoms with Crippen LogP contribution >= 0.6 is 15.9 Å². The molecular formula is C17H21BrO. The van der Waals surface area contributed by atoms with Gasteiger partial charge in [0, 0.05) is 6.42 Å². The van der Waals surface area contributed by atoms with Gasteiger partial charge in [-0.15, -0.1) is 0 Å². The van der Waals surface area contributed by atoms with Gasteiger partial charge >= 0.3 is 0 Å². The van der Waals surface area contributed by atoms with Crippen LogP contribution in [-0.2, 0) is 12.8 Å². The molecule has 2 heteroatoms. The quantitative estimate of drug-likeness (QED) is 0.660. The fraction of sp³-hybridized carbons (Fsp3) is 0.412. The zero-order valence-electron chi connectivity index (χ0n) is 11.8. The van der Waals surface area contributed by atoms with Crippen molar-refractivity contribution in [1.29, 1.82) is 0 Å². The van der Waals surface area contributed by atoms with Crippen molar-refractivity contribution >= 4 is 15.9 Å². The lowest BCUT2D eigenvalue weighted by Crippen LogP contribution is -1.95. The molecule has 2 aromatic rings. The van der Waals surface area contributed by atoms with Crippen LogP contribution in [0.5, 0.6) is 0 Å². The maximum absolute atomic E-state index is 5.80. The molecule has 0 saturated heterocycles. The van der Waals surface area contributed by atoms with Crippen molar-refractivity contribution in [3.63, 3.8) is 0 Å². The zero-order chi connectivity index (χ0) is 13.8. The Hall–Kier alpha value is -1.02. The third-order valence-electron chi connectivity index (χ3n) is 3.20. The molecule has 0 bridgehead atoms. The van der Waals surface area contributed by atoms with E-state index in [4.69, 9.17) is 4.42 Å². The molecular weight excluding hydrogens is 300 g/mol. The zero-order valence-corrected chi connectivity index (χ0v) is 13.4. The van der Waals surface area contributed by atoms with Crippen molar-refractivity contribution in [2.45, 2.75) is 38.4 Å². The number of furan rings is 1. The van der Waals surface area contributed by atoms with E-state index in [1.165, 1.54) is 11.1 Å². The lowest BCUT2D eigenvalue weighted by atomic mass is 10.0. The van der Waals surface area contributed by atoms with Crippen LogP contribution < -0.4 is 0 Å². The van der Waals surface area contributed by atoms with E-state index in [0.717, 1.165) is 24.4 Å². The first kappa shape index (κ1) is 14.4. The molecule has 0 aliphatic carbocycles. The van der Waals surface area contributed by atoms with Crippen LogP contribution in [0.15, 0.2) is 40.8 Å². The van der Waals surface area contributed by atoms with Crippen LogP contribution in [0.2, 0.25) is 0 Å². The van der Waals surface area contributed by atoms with E-state index in [0.29, 0.717) is 5.92 Å². The first-order valence-corrected chi connectivity index (χ1v) is 7.83. The second-order valence-electron chi connectivity index (χ2n) is 5.36. The van der Waals surface area contributed by atoms with E-state index in [9.17, 15) is 0 Å². The van der Waals surface area contributed by atoms with E-state index in [-0.39, 0.29) is 4.83 Å². The second kappa shape index (κ2) is 6.42. The molecule has 0 spiro atoms. The molecule has 1 nitrogen and oxygen atoms in total. The Morgan fingerprint density at radius 3 is 2.26 bits per heavy atom. The molecule has 2 rings (SSSR count). The van der Waals surface area contributed by atoms with E-state index in [1.54, 1.807) is 0 Å². The van der Waals surface area contributed by atoms with Crippen LogP contribution in [-0.4, -0.2) is 0 Å². The topological polar surface area (TPSA) is 13.1 Å². The normalized spacial score (nSPS) is 12.9. The summed E-state index contributed by atoms with van der Waals surface area (Å²) in [6, 6.07) is 12.9. The number of aryl methyl sites for hydroxylation is 1. The van der Waals surface area contributed by atoms with Crippen molar-refractivity contribution in [2.24, 2.45) is 5.92 Å². The molecule has 0 radical (unpaired) electrons. The van der Waals surface area contributed by atoms with Crippen molar-refractivity contribution in [2.75, 3.05) is 0 Å². The molecule has 0 fully saturated rings. The minimum Gasteiger partial charge on any atom is -0.465 e. The summed E-state index contributed by atoms with van der Waals surface area (Å²) in [5, 5.41) is 0. The van der Waals surface area contributed by atoms with Gasteiger partial charge in [0.25, 0.3) is 0 Å². The van der Waals surface area contributed by atoms with Crippen LogP contribution in [0, 0.1) is 5.92 Å². The smallest absolute Gasteiger partial charge is 0.122 e. The molecule has 1 unspecified atom stereocenters. The number of benzene rings is 1. The second-order valence-corrected chi connectivity index (χ2v) is 6.28. The van der Waals surface area contributed by atoms with Gasteiger partial charge in [0.15, 0.2) is 0 Å². The van der Waals surface area contributed by atoms with Gasteiger partial charge in [-0.05, 0) is 35.6 Å². The molecule has 0 N–H and O–H groups in total. The van der Waals surface area contributed by atoms with Gasteiger partial charge in [-0.1, -0.05) is 61.0 Å².